The van der Waals surface area contributed by atoms with Gasteiger partial charge in [-0.1, -0.05) is 0 Å². The van der Waals surface area contributed by atoms with E-state index in [2.05, 4.69) is 15.7 Å². The molecule has 1 aliphatic carbocycles. The summed E-state index contributed by atoms with van der Waals surface area (Å²) in [5.74, 6) is -0.0387. The lowest BCUT2D eigenvalue weighted by atomic mass is 10.2. The number of carbonyl (C=O) groups excluding carboxylic acids is 1. The van der Waals surface area contributed by atoms with Gasteiger partial charge in [0.25, 0.3) is 5.91 Å². The minimum absolute atomic E-state index is 0.0387. The zero-order valence-electron chi connectivity index (χ0n) is 9.79. The third-order valence-electron chi connectivity index (χ3n) is 2.90. The van der Waals surface area contributed by atoms with Gasteiger partial charge >= 0.3 is 0 Å². The van der Waals surface area contributed by atoms with Crippen LogP contribution >= 0.6 is 0 Å². The zero-order chi connectivity index (χ0) is 11.5. The van der Waals surface area contributed by atoms with E-state index in [9.17, 15) is 4.79 Å². The van der Waals surface area contributed by atoms with Crippen LogP contribution in [0.4, 0.5) is 0 Å². The van der Waals surface area contributed by atoms with E-state index in [0.717, 1.165) is 12.2 Å². The molecule has 16 heavy (non-hydrogen) atoms. The van der Waals surface area contributed by atoms with E-state index in [1.165, 1.54) is 12.8 Å². The van der Waals surface area contributed by atoms with Crippen LogP contribution in [0.25, 0.3) is 0 Å². The van der Waals surface area contributed by atoms with Crippen LogP contribution in [0.3, 0.4) is 0 Å². The van der Waals surface area contributed by atoms with Gasteiger partial charge < -0.3 is 10.6 Å². The average molecular weight is 222 g/mol. The molecular weight excluding hydrogens is 204 g/mol. The molecule has 1 amide bonds. The second kappa shape index (κ2) is 4.65. The van der Waals surface area contributed by atoms with Crippen LogP contribution in [0, 0.1) is 6.92 Å². The highest BCUT2D eigenvalue weighted by molar-refractivity contribution is 5.94. The summed E-state index contributed by atoms with van der Waals surface area (Å²) >= 11 is 0. The fraction of sp³-hybridized carbons (Fsp3) is 0.636. The number of rotatable bonds is 5. The van der Waals surface area contributed by atoms with Crippen LogP contribution < -0.4 is 10.6 Å². The van der Waals surface area contributed by atoms with Gasteiger partial charge in [0.1, 0.15) is 0 Å². The molecule has 0 unspecified atom stereocenters. The SMILES string of the molecule is Cc1c(C(=O)NCCNC2CC2)cnn1C. The second-order valence-electron chi connectivity index (χ2n) is 4.25. The fourth-order valence-electron chi connectivity index (χ4n) is 1.56. The second-order valence-corrected chi connectivity index (χ2v) is 4.25. The summed E-state index contributed by atoms with van der Waals surface area (Å²) in [7, 11) is 1.83. The van der Waals surface area contributed by atoms with E-state index in [4.69, 9.17) is 0 Å². The first-order valence-corrected chi connectivity index (χ1v) is 5.68. The van der Waals surface area contributed by atoms with Gasteiger partial charge in [-0.15, -0.1) is 0 Å². The van der Waals surface area contributed by atoms with Crippen molar-refractivity contribution in [1.82, 2.24) is 20.4 Å². The molecule has 2 rings (SSSR count). The van der Waals surface area contributed by atoms with Crippen molar-refractivity contribution in [2.24, 2.45) is 7.05 Å². The van der Waals surface area contributed by atoms with Crippen molar-refractivity contribution in [3.05, 3.63) is 17.5 Å². The van der Waals surface area contributed by atoms with E-state index >= 15 is 0 Å². The third-order valence-corrected chi connectivity index (χ3v) is 2.90. The van der Waals surface area contributed by atoms with Crippen molar-refractivity contribution in [2.45, 2.75) is 25.8 Å². The van der Waals surface area contributed by atoms with Crippen LogP contribution in [0.1, 0.15) is 28.9 Å². The number of aromatic nitrogens is 2. The summed E-state index contributed by atoms with van der Waals surface area (Å²) in [5, 5.41) is 10.3. The van der Waals surface area contributed by atoms with Gasteiger partial charge in [0.05, 0.1) is 11.8 Å². The molecule has 0 bridgehead atoms. The van der Waals surface area contributed by atoms with Gasteiger partial charge in [-0.2, -0.15) is 5.10 Å². The van der Waals surface area contributed by atoms with Crippen LogP contribution in [-0.4, -0.2) is 34.8 Å². The summed E-state index contributed by atoms with van der Waals surface area (Å²) in [4.78, 5) is 11.7. The summed E-state index contributed by atoms with van der Waals surface area (Å²) in [6.45, 7) is 3.41. The maximum Gasteiger partial charge on any atom is 0.254 e. The molecule has 5 heteroatoms. The minimum atomic E-state index is -0.0387. The Morgan fingerprint density at radius 2 is 2.31 bits per heavy atom. The predicted molar refractivity (Wildman–Crippen MR) is 61.3 cm³/mol. The number of amides is 1. The maximum atomic E-state index is 11.7. The Hall–Kier alpha value is -1.36. The molecule has 1 aromatic rings. The topological polar surface area (TPSA) is 59.0 Å². The van der Waals surface area contributed by atoms with E-state index in [1.54, 1.807) is 10.9 Å². The highest BCUT2D eigenvalue weighted by Gasteiger charge is 2.19. The number of nitrogens with zero attached hydrogens (tertiary/aromatic N) is 2. The van der Waals surface area contributed by atoms with E-state index in [1.807, 2.05) is 14.0 Å². The Labute approximate surface area is 95.2 Å². The fourth-order valence-corrected chi connectivity index (χ4v) is 1.56. The lowest BCUT2D eigenvalue weighted by Gasteiger charge is -2.05. The number of hydrogen-bond donors (Lipinski definition) is 2. The quantitative estimate of drug-likeness (QED) is 0.700. The molecule has 1 saturated carbocycles. The highest BCUT2D eigenvalue weighted by Crippen LogP contribution is 2.17. The first-order chi connectivity index (χ1) is 7.68. The first kappa shape index (κ1) is 11.1. The van der Waals surface area contributed by atoms with Crippen LogP contribution in [0.15, 0.2) is 6.20 Å². The monoisotopic (exact) mass is 222 g/mol. The molecule has 1 heterocycles. The summed E-state index contributed by atoms with van der Waals surface area (Å²) in [6.07, 6.45) is 4.16. The summed E-state index contributed by atoms with van der Waals surface area (Å²) in [5.41, 5.74) is 1.56. The normalized spacial score (nSPS) is 15.1. The lowest BCUT2D eigenvalue weighted by Crippen LogP contribution is -2.32. The maximum absolute atomic E-state index is 11.7. The molecule has 0 aliphatic heterocycles. The molecule has 0 spiro atoms. The van der Waals surface area contributed by atoms with Crippen molar-refractivity contribution in [3.63, 3.8) is 0 Å². The molecule has 0 aromatic carbocycles. The van der Waals surface area contributed by atoms with Gasteiger partial charge in [0.2, 0.25) is 0 Å². The molecule has 1 fully saturated rings. The Morgan fingerprint density at radius 1 is 1.56 bits per heavy atom. The molecule has 1 aliphatic rings. The smallest absolute Gasteiger partial charge is 0.254 e. The largest absolute Gasteiger partial charge is 0.351 e. The molecular formula is C11H18N4O. The third kappa shape index (κ3) is 2.61. The van der Waals surface area contributed by atoms with Gasteiger partial charge in [-0.3, -0.25) is 9.48 Å². The molecule has 1 aromatic heterocycles. The van der Waals surface area contributed by atoms with Crippen molar-refractivity contribution in [1.29, 1.82) is 0 Å². The molecule has 0 saturated heterocycles. The number of hydrogen-bond acceptors (Lipinski definition) is 3. The van der Waals surface area contributed by atoms with Gasteiger partial charge in [-0.05, 0) is 19.8 Å². The van der Waals surface area contributed by atoms with Crippen molar-refractivity contribution in [3.8, 4) is 0 Å². The van der Waals surface area contributed by atoms with Crippen molar-refractivity contribution >= 4 is 5.91 Å². The summed E-state index contributed by atoms with van der Waals surface area (Å²) < 4.78 is 1.71. The van der Waals surface area contributed by atoms with Crippen molar-refractivity contribution in [2.75, 3.05) is 13.1 Å². The first-order valence-electron chi connectivity index (χ1n) is 5.68. The molecule has 2 N–H and O–H groups in total. The van der Waals surface area contributed by atoms with Gasteiger partial charge in [0, 0.05) is 31.9 Å². The molecule has 88 valence electrons. The van der Waals surface area contributed by atoms with E-state index in [-0.39, 0.29) is 5.91 Å². The van der Waals surface area contributed by atoms with Crippen molar-refractivity contribution < 1.29 is 4.79 Å². The predicted octanol–water partition coefficient (Wildman–Crippen LogP) is 0.210. The van der Waals surface area contributed by atoms with Crippen LogP contribution in [0.5, 0.6) is 0 Å². The van der Waals surface area contributed by atoms with E-state index < -0.39 is 0 Å². The summed E-state index contributed by atoms with van der Waals surface area (Å²) in [6, 6.07) is 0.692. The molecule has 0 radical (unpaired) electrons. The number of carbonyl (C=O) groups is 1. The highest BCUT2D eigenvalue weighted by atomic mass is 16.1. The van der Waals surface area contributed by atoms with E-state index in [0.29, 0.717) is 18.2 Å². The molecule has 0 atom stereocenters. The average Bonchev–Trinajstić information content (AvgIpc) is 3.02. The Bertz CT molecular complexity index is 381. The standard InChI is InChI=1S/C11H18N4O/c1-8-10(7-14-15(8)2)11(16)13-6-5-12-9-3-4-9/h7,9,12H,3-6H2,1-2H3,(H,13,16). The number of nitrogens with one attached hydrogen (secondary N) is 2. The molecule has 5 nitrogen and oxygen atoms in total. The zero-order valence-corrected chi connectivity index (χ0v) is 9.79. The van der Waals surface area contributed by atoms with Crippen LogP contribution in [0.2, 0.25) is 0 Å². The number of aryl methyl sites for hydroxylation is 1. The Kier molecular flexibility index (Phi) is 3.24. The van der Waals surface area contributed by atoms with Gasteiger partial charge in [-0.25, -0.2) is 0 Å². The van der Waals surface area contributed by atoms with Crippen LogP contribution in [-0.2, 0) is 7.05 Å². The Morgan fingerprint density at radius 3 is 2.88 bits per heavy atom. The van der Waals surface area contributed by atoms with Gasteiger partial charge in [0.15, 0.2) is 0 Å². The minimum Gasteiger partial charge on any atom is -0.351 e. The lowest BCUT2D eigenvalue weighted by molar-refractivity contribution is 0.0953. The Balaban J connectivity index is 1.76.